The molecule has 1 aromatic heterocycles. The zero-order valence-corrected chi connectivity index (χ0v) is 15.0. The van der Waals surface area contributed by atoms with Crippen LogP contribution in [-0.2, 0) is 6.54 Å². The molecule has 98 valence electrons. The van der Waals surface area contributed by atoms with Crippen LogP contribution in [0.1, 0.15) is 12.0 Å². The Bertz CT molecular complexity index is 518. The Kier molecular flexibility index (Phi) is 5.58. The summed E-state index contributed by atoms with van der Waals surface area (Å²) in [5.41, 5.74) is 6.64. The van der Waals surface area contributed by atoms with Gasteiger partial charge in [0.2, 0.25) is 0 Å². The van der Waals surface area contributed by atoms with Crippen molar-refractivity contribution in [2.45, 2.75) is 13.0 Å². The molecule has 6 nitrogen and oxygen atoms in total. The number of rotatable bonds is 7. The Morgan fingerprint density at radius 3 is 2.84 bits per heavy atom. The molecule has 2 N–H and O–H groups in total. The van der Waals surface area contributed by atoms with Crippen LogP contribution in [-0.4, -0.2) is 51.9 Å². The van der Waals surface area contributed by atoms with Crippen LogP contribution in [0.5, 0.6) is 11.8 Å². The van der Waals surface area contributed by atoms with E-state index in [1.807, 2.05) is 24.3 Å². The number of ether oxygens (including phenoxy) is 2. The molecule has 1 heterocycles. The molecule has 0 radical (unpaired) electrons. The van der Waals surface area contributed by atoms with Crippen molar-refractivity contribution in [2.24, 2.45) is 5.73 Å². The number of hydrogen-bond donors (Lipinski definition) is 1. The third-order valence-electron chi connectivity index (χ3n) is 2.41. The Labute approximate surface area is 128 Å². The van der Waals surface area contributed by atoms with Crippen LogP contribution in [0, 0.1) is 0 Å². The number of hydrogen-bond acceptors (Lipinski definition) is 5. The van der Waals surface area contributed by atoms with Gasteiger partial charge in [-0.2, -0.15) is 0 Å². The molecule has 0 atom stereocenters. The van der Waals surface area contributed by atoms with E-state index in [4.69, 9.17) is 15.2 Å². The van der Waals surface area contributed by atoms with Gasteiger partial charge in [0, 0.05) is 0 Å². The number of nitrogens with two attached hydrogens (primary N) is 1. The summed E-state index contributed by atoms with van der Waals surface area (Å²) in [6.45, 7) is 1.66. The summed E-state index contributed by atoms with van der Waals surface area (Å²) < 4.78 is 12.8. The van der Waals surface area contributed by atoms with E-state index in [1.54, 1.807) is 8.82 Å². The van der Waals surface area contributed by atoms with Gasteiger partial charge in [-0.3, -0.25) is 0 Å². The zero-order valence-electron chi connectivity index (χ0n) is 10.5. The van der Waals surface area contributed by atoms with E-state index in [2.05, 4.69) is 10.1 Å². The number of benzene rings is 1. The van der Waals surface area contributed by atoms with Gasteiger partial charge in [-0.15, -0.1) is 0 Å². The third kappa shape index (κ3) is 4.79. The van der Waals surface area contributed by atoms with E-state index in [-0.39, 0.29) is 0 Å². The third-order valence-corrected chi connectivity index (χ3v) is 3.38. The van der Waals surface area contributed by atoms with Gasteiger partial charge in [-0.25, -0.2) is 0 Å². The van der Waals surface area contributed by atoms with Crippen LogP contribution >= 0.6 is 0 Å². The molecule has 7 heteroatoms. The molecule has 19 heavy (non-hydrogen) atoms. The van der Waals surface area contributed by atoms with Crippen molar-refractivity contribution in [1.29, 1.82) is 0 Å². The molecule has 0 fully saturated rings. The Balaban J connectivity index is 1.66. The van der Waals surface area contributed by atoms with Crippen LogP contribution < -0.4 is 15.2 Å². The SMILES string of the molecule is NCc1cccc(OCCCOc2nc[n]([Tl])n2)c1. The molecule has 0 unspecified atom stereocenters. The van der Waals surface area contributed by atoms with Crippen molar-refractivity contribution < 1.29 is 9.47 Å². The summed E-state index contributed by atoms with van der Waals surface area (Å²) in [4.78, 5) is 4.01. The monoisotopic (exact) mass is 452 g/mol. The average Bonchev–Trinajstić information content (AvgIpc) is 2.84. The Hall–Kier alpha value is -1.16. The second-order valence-corrected chi connectivity index (χ2v) is 5.97. The molecule has 2 aromatic rings. The maximum atomic E-state index is 5.62. The van der Waals surface area contributed by atoms with Gasteiger partial charge in [0.25, 0.3) is 0 Å². The zero-order chi connectivity index (χ0) is 13.5. The van der Waals surface area contributed by atoms with Crippen molar-refractivity contribution in [3.05, 3.63) is 36.2 Å². The van der Waals surface area contributed by atoms with Crippen molar-refractivity contribution in [2.75, 3.05) is 13.2 Å². The second kappa shape index (κ2) is 7.44. The Morgan fingerprint density at radius 1 is 1.26 bits per heavy atom. The van der Waals surface area contributed by atoms with Gasteiger partial charge in [0.15, 0.2) is 0 Å². The maximum absolute atomic E-state index is 5.62. The van der Waals surface area contributed by atoms with E-state index in [0.717, 1.165) is 17.7 Å². The summed E-state index contributed by atoms with van der Waals surface area (Å²) >= 11 is 0.619. The predicted octanol–water partition coefficient (Wildman–Crippen LogP) is 0.516. The number of aromatic nitrogens is 3. The quantitative estimate of drug-likeness (QED) is 0.491. The molecule has 0 amide bonds. The molecule has 1 aromatic carbocycles. The van der Waals surface area contributed by atoms with Crippen molar-refractivity contribution in [1.82, 2.24) is 12.6 Å². The van der Waals surface area contributed by atoms with Crippen LogP contribution in [0.25, 0.3) is 0 Å². The first-order valence-electron chi connectivity index (χ1n) is 5.99. The molecule has 0 aliphatic carbocycles. The summed E-state index contributed by atoms with van der Waals surface area (Å²) in [6, 6.07) is 8.23. The molecule has 0 saturated heterocycles. The average molecular weight is 452 g/mol. The summed E-state index contributed by atoms with van der Waals surface area (Å²) in [5.74, 6) is 0.839. The standard InChI is InChI=1S/C12H15N4O2.Tl/c13-8-10-3-1-4-11(7-10)17-5-2-6-18-12-14-9-15-16-12;/h1,3-4,7,9H,2,5-6,8,13H2;/q-1;+1. The fourth-order valence-corrected chi connectivity index (χ4v) is 2.14. The van der Waals surface area contributed by atoms with Crippen LogP contribution in [0.4, 0.5) is 0 Å². The summed E-state index contributed by atoms with van der Waals surface area (Å²) in [6.07, 6.45) is 2.46. The van der Waals surface area contributed by atoms with Gasteiger partial charge in [-0.1, -0.05) is 0 Å². The molecule has 0 aliphatic rings. The van der Waals surface area contributed by atoms with Crippen molar-refractivity contribution in [3.63, 3.8) is 0 Å². The van der Waals surface area contributed by atoms with E-state index >= 15 is 0 Å². The molecule has 0 bridgehead atoms. The first kappa shape index (κ1) is 14.3. The van der Waals surface area contributed by atoms with E-state index < -0.39 is 0 Å². The predicted molar refractivity (Wildman–Crippen MR) is 71.1 cm³/mol. The molecule has 2 rings (SSSR count). The Morgan fingerprint density at radius 2 is 2.11 bits per heavy atom. The number of nitrogens with zero attached hydrogens (tertiary/aromatic N) is 3. The van der Waals surface area contributed by atoms with Crippen molar-refractivity contribution >= 4 is 26.1 Å². The first-order chi connectivity index (χ1) is 9.28. The fourth-order valence-electron chi connectivity index (χ4n) is 1.50. The van der Waals surface area contributed by atoms with Crippen LogP contribution in [0.15, 0.2) is 30.6 Å². The van der Waals surface area contributed by atoms with E-state index in [9.17, 15) is 0 Å². The van der Waals surface area contributed by atoms with Crippen molar-refractivity contribution in [3.8, 4) is 11.8 Å². The fraction of sp³-hybridized carbons (Fsp3) is 0.333. The van der Waals surface area contributed by atoms with Gasteiger partial charge < -0.3 is 5.73 Å². The molecule has 0 spiro atoms. The van der Waals surface area contributed by atoms with Crippen LogP contribution in [0.2, 0.25) is 0 Å². The normalized spacial score (nSPS) is 10.3. The van der Waals surface area contributed by atoms with Gasteiger partial charge in [0.1, 0.15) is 0 Å². The summed E-state index contributed by atoms with van der Waals surface area (Å²) in [7, 11) is 0. The molecular weight excluding hydrogens is 437 g/mol. The van der Waals surface area contributed by atoms with E-state index in [1.165, 1.54) is 0 Å². The topological polar surface area (TPSA) is 75.2 Å². The van der Waals surface area contributed by atoms with Crippen LogP contribution in [0.3, 0.4) is 0 Å². The molecule has 0 aliphatic heterocycles. The minimum absolute atomic E-state index is 0.438. The van der Waals surface area contributed by atoms with Gasteiger partial charge in [-0.05, 0) is 0 Å². The van der Waals surface area contributed by atoms with Gasteiger partial charge in [0.05, 0.1) is 0 Å². The second-order valence-electron chi connectivity index (χ2n) is 3.91. The van der Waals surface area contributed by atoms with Gasteiger partial charge >= 0.3 is 122 Å². The minimum atomic E-state index is 0.438. The van der Waals surface area contributed by atoms with E-state index in [0.29, 0.717) is 51.8 Å². The molecule has 0 saturated carbocycles. The first-order valence-corrected chi connectivity index (χ1v) is 8.00. The molecular formula is C12H15N4O2Tl. The summed E-state index contributed by atoms with van der Waals surface area (Å²) in [5, 5.41) is 4.09.